The molecule has 0 radical (unpaired) electrons. The van der Waals surface area contributed by atoms with E-state index in [0.29, 0.717) is 0 Å². The van der Waals surface area contributed by atoms with Crippen LogP contribution < -0.4 is 4.90 Å². The van der Waals surface area contributed by atoms with Gasteiger partial charge in [0.15, 0.2) is 0 Å². The van der Waals surface area contributed by atoms with Gasteiger partial charge in [0.05, 0.1) is 33.4 Å². The second-order valence-electron chi connectivity index (χ2n) is 16.1. The predicted octanol–water partition coefficient (Wildman–Crippen LogP) is 15.8. The number of benzene rings is 10. The van der Waals surface area contributed by atoms with Crippen LogP contribution in [-0.2, 0) is 0 Å². The van der Waals surface area contributed by atoms with Crippen molar-refractivity contribution in [1.29, 1.82) is 0 Å². The molecule has 3 heterocycles. The summed E-state index contributed by atoms with van der Waals surface area (Å²) >= 11 is 0. The highest BCUT2D eigenvalue weighted by atomic mass is 15.2. The van der Waals surface area contributed by atoms with E-state index >= 15 is 0 Å². The number of fused-ring (bicyclic) bond motifs is 9. The Bertz CT molecular complexity index is 3640. The van der Waals surface area contributed by atoms with Gasteiger partial charge in [0.2, 0.25) is 0 Å². The van der Waals surface area contributed by atoms with E-state index in [4.69, 9.17) is 0 Å². The number of hydrogen-bond acceptors (Lipinski definition) is 1. The molecule has 3 nitrogen and oxygen atoms in total. The topological polar surface area (TPSA) is 13.1 Å². The van der Waals surface area contributed by atoms with Gasteiger partial charge in [0, 0.05) is 49.6 Å². The summed E-state index contributed by atoms with van der Waals surface area (Å²) in [5.41, 5.74) is 17.8. The van der Waals surface area contributed by atoms with Gasteiger partial charge in [-0.15, -0.1) is 0 Å². The van der Waals surface area contributed by atoms with Crippen molar-refractivity contribution in [2.75, 3.05) is 4.90 Å². The average Bonchev–Trinajstić information content (AvgIpc) is 3.85. The Morgan fingerprint density at radius 3 is 1.51 bits per heavy atom. The van der Waals surface area contributed by atoms with E-state index in [1.165, 1.54) is 93.6 Å². The van der Waals surface area contributed by atoms with Crippen molar-refractivity contribution in [2.45, 2.75) is 0 Å². The number of anilines is 3. The lowest BCUT2D eigenvalue weighted by molar-refractivity contribution is 1.13. The first-order valence-electron chi connectivity index (χ1n) is 21.0. The van der Waals surface area contributed by atoms with Crippen LogP contribution in [0.15, 0.2) is 224 Å². The van der Waals surface area contributed by atoms with Gasteiger partial charge >= 0.3 is 0 Å². The molecule has 0 amide bonds. The maximum absolute atomic E-state index is 2.52. The summed E-state index contributed by atoms with van der Waals surface area (Å²) in [4.78, 5) is 2.52. The number of nitrogens with zero attached hydrogens (tertiary/aromatic N) is 3. The van der Waals surface area contributed by atoms with Crippen molar-refractivity contribution in [3.05, 3.63) is 224 Å². The van der Waals surface area contributed by atoms with Crippen LogP contribution in [0.25, 0.3) is 99.1 Å². The summed E-state index contributed by atoms with van der Waals surface area (Å²) in [6.45, 7) is 0. The molecule has 0 N–H and O–H groups in total. The molecule has 0 unspecified atom stereocenters. The SMILES string of the molecule is c1ccc(-c2ccc3c(c2)c2c4c(ccc2n3-c2cccc(-n3c5ccccc5c5ccccc53)c2)-c2ccc(-c3ccccc3)c3cccc(c23)N4c2ccccc2)cc1. The fourth-order valence-corrected chi connectivity index (χ4v) is 10.2. The van der Waals surface area contributed by atoms with Crippen LogP contribution >= 0.6 is 0 Å². The molecule has 0 spiro atoms. The van der Waals surface area contributed by atoms with Gasteiger partial charge in [-0.3, -0.25) is 0 Å². The molecular formula is C58H37N3. The van der Waals surface area contributed by atoms with E-state index in [0.717, 1.165) is 22.6 Å². The first-order valence-corrected chi connectivity index (χ1v) is 21.0. The molecule has 1 aliphatic rings. The monoisotopic (exact) mass is 775 g/mol. The lowest BCUT2D eigenvalue weighted by atomic mass is 9.86. The lowest BCUT2D eigenvalue weighted by Gasteiger charge is -2.34. The van der Waals surface area contributed by atoms with E-state index < -0.39 is 0 Å². The molecule has 0 bridgehead atoms. The van der Waals surface area contributed by atoms with Gasteiger partial charge in [-0.1, -0.05) is 158 Å². The maximum atomic E-state index is 2.52. The Kier molecular flexibility index (Phi) is 7.31. The third-order valence-corrected chi connectivity index (χ3v) is 12.8. The highest BCUT2D eigenvalue weighted by Gasteiger charge is 2.31. The molecule has 10 aromatic carbocycles. The molecule has 3 heteroatoms. The van der Waals surface area contributed by atoms with Crippen LogP contribution in [0.2, 0.25) is 0 Å². The molecule has 0 atom stereocenters. The Morgan fingerprint density at radius 2 is 0.787 bits per heavy atom. The quantitative estimate of drug-likeness (QED) is 0.170. The number of hydrogen-bond donors (Lipinski definition) is 0. The van der Waals surface area contributed by atoms with Crippen LogP contribution in [0.5, 0.6) is 0 Å². The molecule has 0 fully saturated rings. The molecule has 12 aromatic rings. The zero-order chi connectivity index (χ0) is 40.0. The summed E-state index contributed by atoms with van der Waals surface area (Å²) in [6.07, 6.45) is 0. The maximum Gasteiger partial charge on any atom is 0.0640 e. The summed E-state index contributed by atoms with van der Waals surface area (Å²) in [5, 5.41) is 7.48. The van der Waals surface area contributed by atoms with Gasteiger partial charge in [0.25, 0.3) is 0 Å². The smallest absolute Gasteiger partial charge is 0.0640 e. The minimum atomic E-state index is 1.11. The van der Waals surface area contributed by atoms with Crippen molar-refractivity contribution in [3.8, 4) is 44.8 Å². The van der Waals surface area contributed by atoms with E-state index in [1.807, 2.05) is 0 Å². The van der Waals surface area contributed by atoms with Crippen LogP contribution in [0.4, 0.5) is 17.1 Å². The number of para-hydroxylation sites is 3. The van der Waals surface area contributed by atoms with E-state index in [-0.39, 0.29) is 0 Å². The first kappa shape index (κ1) is 33.8. The standard InChI is InChI=1S/C58H37N3/c1-4-16-38(17-5-1)40-30-34-53-50(36-40)57-55(60(53)43-23-14-22-42(37-43)59-51-27-12-10-24-45(51)46-25-11-13-28-52(46)59)35-33-49-48-32-31-44(39-18-6-2-7-19-39)47-26-15-29-54(56(47)48)61(58(49)57)41-20-8-3-9-21-41/h1-37H. The fourth-order valence-electron chi connectivity index (χ4n) is 10.2. The highest BCUT2D eigenvalue weighted by molar-refractivity contribution is 6.26. The molecule has 284 valence electrons. The van der Waals surface area contributed by atoms with E-state index in [9.17, 15) is 0 Å². The van der Waals surface area contributed by atoms with Crippen LogP contribution in [-0.4, -0.2) is 9.13 Å². The van der Waals surface area contributed by atoms with Crippen molar-refractivity contribution < 1.29 is 0 Å². The normalized spacial score (nSPS) is 12.2. The second-order valence-corrected chi connectivity index (χ2v) is 16.1. The van der Waals surface area contributed by atoms with Crippen LogP contribution in [0.3, 0.4) is 0 Å². The summed E-state index contributed by atoms with van der Waals surface area (Å²) < 4.78 is 4.89. The average molecular weight is 776 g/mol. The molecule has 13 rings (SSSR count). The lowest BCUT2D eigenvalue weighted by Crippen LogP contribution is -2.15. The summed E-state index contributed by atoms with van der Waals surface area (Å²) in [5.74, 6) is 0. The van der Waals surface area contributed by atoms with Crippen molar-refractivity contribution >= 4 is 71.4 Å². The van der Waals surface area contributed by atoms with Crippen molar-refractivity contribution in [2.24, 2.45) is 0 Å². The van der Waals surface area contributed by atoms with Crippen LogP contribution in [0, 0.1) is 0 Å². The Labute approximate surface area is 353 Å². The number of aromatic nitrogens is 2. The molecule has 0 saturated heterocycles. The van der Waals surface area contributed by atoms with Crippen molar-refractivity contribution in [3.63, 3.8) is 0 Å². The number of rotatable bonds is 5. The molecule has 0 aliphatic carbocycles. The summed E-state index contributed by atoms with van der Waals surface area (Å²) in [7, 11) is 0. The molecular weight excluding hydrogens is 739 g/mol. The molecule has 61 heavy (non-hydrogen) atoms. The highest BCUT2D eigenvalue weighted by Crippen LogP contribution is 2.56. The van der Waals surface area contributed by atoms with Gasteiger partial charge in [0.1, 0.15) is 0 Å². The molecule has 0 saturated carbocycles. The summed E-state index contributed by atoms with van der Waals surface area (Å²) in [6, 6.07) is 82.3. The third kappa shape index (κ3) is 4.98. The first-order chi connectivity index (χ1) is 30.3. The Morgan fingerprint density at radius 1 is 0.262 bits per heavy atom. The van der Waals surface area contributed by atoms with Crippen LogP contribution in [0.1, 0.15) is 0 Å². The van der Waals surface area contributed by atoms with Crippen molar-refractivity contribution in [1.82, 2.24) is 9.13 Å². The largest absolute Gasteiger partial charge is 0.309 e. The zero-order valence-electron chi connectivity index (χ0n) is 33.2. The minimum absolute atomic E-state index is 1.11. The Balaban J connectivity index is 1.13. The van der Waals surface area contributed by atoms with Gasteiger partial charge in [-0.2, -0.15) is 0 Å². The predicted molar refractivity (Wildman–Crippen MR) is 257 cm³/mol. The minimum Gasteiger partial charge on any atom is -0.309 e. The fraction of sp³-hybridized carbons (Fsp3) is 0. The van der Waals surface area contributed by atoms with E-state index in [1.54, 1.807) is 0 Å². The van der Waals surface area contributed by atoms with Gasteiger partial charge < -0.3 is 14.0 Å². The third-order valence-electron chi connectivity index (χ3n) is 12.8. The van der Waals surface area contributed by atoms with Gasteiger partial charge in [-0.05, 0) is 99.9 Å². The zero-order valence-corrected chi connectivity index (χ0v) is 33.2. The second kappa shape index (κ2) is 13.2. The van der Waals surface area contributed by atoms with Gasteiger partial charge in [-0.25, -0.2) is 0 Å². The van der Waals surface area contributed by atoms with E-state index in [2.05, 4.69) is 238 Å². The molecule has 1 aliphatic heterocycles. The Hall–Kier alpha value is -8.14. The molecule has 2 aromatic heterocycles.